The van der Waals surface area contributed by atoms with Crippen LogP contribution in [0.4, 0.5) is 29.2 Å². The summed E-state index contributed by atoms with van der Waals surface area (Å²) in [6.45, 7) is 16.8. The van der Waals surface area contributed by atoms with Gasteiger partial charge in [-0.2, -0.15) is 15.0 Å². The zero-order chi connectivity index (χ0) is 33.6. The average Bonchev–Trinajstić information content (AvgIpc) is 2.99. The van der Waals surface area contributed by atoms with E-state index in [9.17, 15) is 9.59 Å². The number of rotatable bonds is 19. The molecule has 0 aliphatic rings. The molecular weight excluding hydrogens is 617 g/mol. The van der Waals surface area contributed by atoms with E-state index in [2.05, 4.69) is 63.6 Å². The predicted octanol–water partition coefficient (Wildman–Crippen LogP) is 8.13. The summed E-state index contributed by atoms with van der Waals surface area (Å²) in [4.78, 5) is 38.6. The Morgan fingerprint density at radius 1 is 0.696 bits per heavy atom. The van der Waals surface area contributed by atoms with Crippen LogP contribution in [-0.2, 0) is 13.6 Å². The normalized spacial score (nSPS) is 11.5. The molecular formula is C33H50N6O5Si2. The van der Waals surface area contributed by atoms with Crippen LogP contribution in [-0.4, -0.2) is 63.3 Å². The molecule has 11 nitrogen and oxygen atoms in total. The van der Waals surface area contributed by atoms with E-state index in [1.54, 1.807) is 42.5 Å². The number of nitrogens with one attached hydrogen (secondary N) is 3. The second-order valence-electron chi connectivity index (χ2n) is 12.7. The lowest BCUT2D eigenvalue weighted by Crippen LogP contribution is -2.42. The van der Waals surface area contributed by atoms with E-state index >= 15 is 0 Å². The second-order valence-corrected chi connectivity index (χ2v) is 21.8. The second kappa shape index (κ2) is 17.8. The summed E-state index contributed by atoms with van der Waals surface area (Å²) in [5.74, 6) is 0.280. The van der Waals surface area contributed by atoms with Gasteiger partial charge in [-0.15, -0.1) is 0 Å². The molecule has 1 heterocycles. The molecule has 1 aromatic heterocycles. The fraction of sp³-hybridized carbons (Fsp3) is 0.485. The quantitative estimate of drug-likeness (QED) is 0.0650. The van der Waals surface area contributed by atoms with E-state index < -0.39 is 16.6 Å². The standard InChI is InChI=1S/C33H50N6O5Si2/c1-8-10-21-42-29(40)25-16-18-27(19-17-25)35-32-37-31(34-20-13-23-46(6,7)44-45(3,4)5)38-33(39-32)36-28-15-12-14-26(24-28)30(41)43-22-11-9-2/h12,14-19,24H,8-11,13,20-23H2,1-7H3,(H3,34,35,36,37,38,39). The van der Waals surface area contributed by atoms with Crippen molar-refractivity contribution in [2.75, 3.05) is 35.7 Å². The third-order valence-electron chi connectivity index (χ3n) is 6.65. The monoisotopic (exact) mass is 666 g/mol. The SMILES string of the molecule is CCCCOC(=O)c1ccc(Nc2nc(NCCC[Si](C)(C)O[Si](C)(C)C)nc(Nc3cccc(C(=O)OCCCC)c3)n2)cc1. The number of aromatic nitrogens is 3. The molecule has 0 fully saturated rings. The van der Waals surface area contributed by atoms with E-state index in [4.69, 9.17) is 13.6 Å². The largest absolute Gasteiger partial charge is 0.462 e. The Balaban J connectivity index is 1.76. The van der Waals surface area contributed by atoms with Crippen molar-refractivity contribution in [3.8, 4) is 0 Å². The van der Waals surface area contributed by atoms with E-state index in [-0.39, 0.29) is 11.9 Å². The molecule has 250 valence electrons. The highest BCUT2D eigenvalue weighted by Crippen LogP contribution is 2.22. The summed E-state index contributed by atoms with van der Waals surface area (Å²) in [6, 6.07) is 15.0. The van der Waals surface area contributed by atoms with Crippen LogP contribution in [0.25, 0.3) is 0 Å². The number of carbonyl (C=O) groups excluding carboxylic acids is 2. The number of esters is 2. The van der Waals surface area contributed by atoms with E-state index in [0.29, 0.717) is 60.1 Å². The van der Waals surface area contributed by atoms with Crippen LogP contribution < -0.4 is 16.0 Å². The first-order valence-electron chi connectivity index (χ1n) is 16.2. The topological polar surface area (TPSA) is 137 Å². The van der Waals surface area contributed by atoms with Gasteiger partial charge in [-0.3, -0.25) is 0 Å². The van der Waals surface area contributed by atoms with Crippen molar-refractivity contribution in [2.45, 2.75) is 84.7 Å². The summed E-state index contributed by atoms with van der Waals surface area (Å²) in [6.07, 6.45) is 4.47. The van der Waals surface area contributed by atoms with Crippen molar-refractivity contribution in [1.82, 2.24) is 15.0 Å². The van der Waals surface area contributed by atoms with Gasteiger partial charge in [-0.25, -0.2) is 9.59 Å². The highest BCUT2D eigenvalue weighted by molar-refractivity contribution is 6.84. The van der Waals surface area contributed by atoms with E-state index in [0.717, 1.165) is 38.1 Å². The number of ether oxygens (including phenoxy) is 2. The molecule has 3 N–H and O–H groups in total. The van der Waals surface area contributed by atoms with Crippen molar-refractivity contribution >= 4 is 57.8 Å². The summed E-state index contributed by atoms with van der Waals surface area (Å²) in [5.41, 5.74) is 2.24. The Labute approximate surface area is 275 Å². The Hall–Kier alpha value is -3.82. The molecule has 13 heteroatoms. The number of unbranched alkanes of at least 4 members (excludes halogenated alkanes) is 2. The van der Waals surface area contributed by atoms with Gasteiger partial charge in [0.25, 0.3) is 0 Å². The molecule has 0 unspecified atom stereocenters. The lowest BCUT2D eigenvalue weighted by molar-refractivity contribution is 0.0490. The Morgan fingerprint density at radius 3 is 1.85 bits per heavy atom. The fourth-order valence-corrected chi connectivity index (χ4v) is 12.7. The van der Waals surface area contributed by atoms with Crippen LogP contribution >= 0.6 is 0 Å². The maximum absolute atomic E-state index is 12.5. The minimum Gasteiger partial charge on any atom is -0.462 e. The fourth-order valence-electron chi connectivity index (χ4n) is 4.62. The zero-order valence-electron chi connectivity index (χ0n) is 28.4. The first kappa shape index (κ1) is 36.6. The third kappa shape index (κ3) is 13.3. The molecule has 2 aromatic carbocycles. The van der Waals surface area contributed by atoms with Crippen LogP contribution in [0.5, 0.6) is 0 Å². The molecule has 0 spiro atoms. The molecule has 0 aliphatic carbocycles. The molecule has 0 saturated heterocycles. The number of hydrogen-bond acceptors (Lipinski definition) is 11. The molecule has 0 aliphatic heterocycles. The van der Waals surface area contributed by atoms with Gasteiger partial charge in [0.1, 0.15) is 0 Å². The Morgan fingerprint density at radius 2 is 1.26 bits per heavy atom. The van der Waals surface area contributed by atoms with Gasteiger partial charge < -0.3 is 29.5 Å². The smallest absolute Gasteiger partial charge is 0.338 e. The summed E-state index contributed by atoms with van der Waals surface area (Å²) in [5, 5.41) is 9.75. The van der Waals surface area contributed by atoms with E-state index in [1.807, 2.05) is 19.9 Å². The van der Waals surface area contributed by atoms with Gasteiger partial charge in [0.2, 0.25) is 17.8 Å². The first-order chi connectivity index (χ1) is 21.9. The molecule has 3 rings (SSSR count). The molecule has 0 saturated carbocycles. The Bertz CT molecular complexity index is 1420. The molecule has 0 amide bonds. The highest BCUT2D eigenvalue weighted by atomic mass is 28.4. The van der Waals surface area contributed by atoms with Gasteiger partial charge in [-0.1, -0.05) is 32.8 Å². The zero-order valence-corrected chi connectivity index (χ0v) is 30.4. The van der Waals surface area contributed by atoms with Crippen molar-refractivity contribution in [3.05, 3.63) is 59.7 Å². The number of carbonyl (C=O) groups is 2. The Kier molecular flexibility index (Phi) is 14.2. The van der Waals surface area contributed by atoms with Gasteiger partial charge in [0.15, 0.2) is 16.6 Å². The third-order valence-corrected chi connectivity index (χ3v) is 12.9. The van der Waals surface area contributed by atoms with Crippen molar-refractivity contribution in [3.63, 3.8) is 0 Å². The molecule has 0 radical (unpaired) electrons. The number of nitrogens with zero attached hydrogens (tertiary/aromatic N) is 3. The maximum atomic E-state index is 12.5. The van der Waals surface area contributed by atoms with Crippen LogP contribution in [0.2, 0.25) is 38.8 Å². The number of hydrogen-bond donors (Lipinski definition) is 3. The van der Waals surface area contributed by atoms with Gasteiger partial charge in [-0.05, 0) is 101 Å². The molecule has 0 atom stereocenters. The molecule has 0 bridgehead atoms. The van der Waals surface area contributed by atoms with Crippen molar-refractivity contribution in [2.24, 2.45) is 0 Å². The van der Waals surface area contributed by atoms with Gasteiger partial charge in [0, 0.05) is 17.9 Å². The summed E-state index contributed by atoms with van der Waals surface area (Å²) >= 11 is 0. The average molecular weight is 667 g/mol. The molecule has 46 heavy (non-hydrogen) atoms. The molecule has 3 aromatic rings. The van der Waals surface area contributed by atoms with Gasteiger partial charge in [0.05, 0.1) is 24.3 Å². The lowest BCUT2D eigenvalue weighted by Gasteiger charge is -2.31. The van der Waals surface area contributed by atoms with Crippen LogP contribution in [0.3, 0.4) is 0 Å². The van der Waals surface area contributed by atoms with E-state index in [1.165, 1.54) is 0 Å². The van der Waals surface area contributed by atoms with Crippen molar-refractivity contribution in [1.29, 1.82) is 0 Å². The first-order valence-corrected chi connectivity index (χ1v) is 22.7. The van der Waals surface area contributed by atoms with Crippen LogP contribution in [0, 0.1) is 0 Å². The summed E-state index contributed by atoms with van der Waals surface area (Å²) < 4.78 is 17.2. The van der Waals surface area contributed by atoms with Crippen molar-refractivity contribution < 1.29 is 23.2 Å². The lowest BCUT2D eigenvalue weighted by atomic mass is 10.2. The minimum absolute atomic E-state index is 0.296. The van der Waals surface area contributed by atoms with Crippen LogP contribution in [0.1, 0.15) is 66.7 Å². The van der Waals surface area contributed by atoms with Gasteiger partial charge >= 0.3 is 11.9 Å². The summed E-state index contributed by atoms with van der Waals surface area (Å²) in [7, 11) is -3.38. The number of anilines is 5. The minimum atomic E-state index is -1.78. The van der Waals surface area contributed by atoms with Crippen LogP contribution in [0.15, 0.2) is 48.5 Å². The number of benzene rings is 2. The highest BCUT2D eigenvalue weighted by Gasteiger charge is 2.29. The predicted molar refractivity (Wildman–Crippen MR) is 189 cm³/mol. The maximum Gasteiger partial charge on any atom is 0.338 e.